The fourth-order valence-corrected chi connectivity index (χ4v) is 0. The maximum atomic E-state index is 9.13. The maximum absolute atomic E-state index is 9.13. The van der Waals surface area contributed by atoms with Crippen molar-refractivity contribution in [1.82, 2.24) is 0 Å². The molecular weight excluding hydrogens is 417 g/mol. The zero-order valence-corrected chi connectivity index (χ0v) is 14.6. The van der Waals surface area contributed by atoms with Crippen LogP contribution in [-0.2, 0) is 31.0 Å². The van der Waals surface area contributed by atoms with E-state index >= 15 is 0 Å². The molecular formula is C2H6AlCl6NO3Zr. The van der Waals surface area contributed by atoms with Crippen molar-refractivity contribution in [3.63, 3.8) is 0 Å². The second-order valence-corrected chi connectivity index (χ2v) is 0.576. The van der Waals surface area contributed by atoms with Gasteiger partial charge in [-0.2, -0.15) is 0 Å². The first-order chi connectivity index (χ1) is 2.27. The number of carboxylic acid groups (broad SMARTS) is 1. The van der Waals surface area contributed by atoms with Crippen molar-refractivity contribution in [2.45, 2.75) is 0 Å². The summed E-state index contributed by atoms with van der Waals surface area (Å²) in [5.74, 6) is -1.22. The molecule has 14 heavy (non-hydrogen) atoms. The molecule has 0 aromatic heterocycles. The monoisotopic (exact) mass is 419 g/mol. The Bertz CT molecular complexity index is 66.3. The maximum Gasteiger partial charge on any atom is 4.00 e. The van der Waals surface area contributed by atoms with E-state index in [4.69, 9.17) is 9.90 Å². The largest absolute Gasteiger partial charge is 4.00 e. The number of hydrogen-bond acceptors (Lipinski definition) is 3. The Morgan fingerprint density at radius 2 is 1.07 bits per heavy atom. The summed E-state index contributed by atoms with van der Waals surface area (Å²) in [5, 5.41) is 9.13. The van der Waals surface area contributed by atoms with Crippen molar-refractivity contribution in [3.8, 4) is 0 Å². The van der Waals surface area contributed by atoms with Crippen LogP contribution in [0.4, 0.5) is 0 Å². The van der Waals surface area contributed by atoms with Crippen LogP contribution in [-0.4, -0.2) is 35.4 Å². The number of carbonyl (C=O) groups excluding carboxylic acids is 1. The van der Waals surface area contributed by atoms with Gasteiger partial charge in [0.25, 0.3) is 0 Å². The van der Waals surface area contributed by atoms with Crippen LogP contribution < -0.4 is 85.3 Å². The molecule has 0 radical (unpaired) electrons. The van der Waals surface area contributed by atoms with Crippen LogP contribution >= 0.6 is 0 Å². The number of nitrogens with two attached hydrogens (primary N) is 1. The van der Waals surface area contributed by atoms with Crippen LogP contribution in [0, 0.1) is 0 Å². The number of hydrogen-bond donors (Lipinski definition) is 1. The van der Waals surface area contributed by atoms with Crippen molar-refractivity contribution in [3.05, 3.63) is 0 Å². The number of aliphatic carboxylic acids is 1. The fourth-order valence-electron chi connectivity index (χ4n) is 0. The molecule has 86 valence electrons. The Morgan fingerprint density at radius 1 is 1.00 bits per heavy atom. The van der Waals surface area contributed by atoms with Gasteiger partial charge in [-0.25, -0.2) is 0 Å². The van der Waals surface area contributed by atoms with Gasteiger partial charge in [0.05, 0.1) is 5.97 Å². The Balaban J connectivity index is -0.00000000222. The van der Waals surface area contributed by atoms with Gasteiger partial charge in [-0.15, -0.1) is 0 Å². The Morgan fingerprint density at radius 3 is 1.07 bits per heavy atom. The van der Waals surface area contributed by atoms with Gasteiger partial charge in [0, 0.05) is 6.54 Å². The fraction of sp³-hybridized carbons (Fsp3) is 0.500. The smallest absolute Gasteiger partial charge is 1.00 e. The molecule has 0 bridgehead atoms. The number of halogens is 6. The SMILES string of the molecule is NCC(=O)[O-].O.[Al+3].[Cl-].[Cl-].[Cl-].[Cl-].[Cl-].[Cl-].[Zr+4]. The van der Waals surface area contributed by atoms with Gasteiger partial charge in [-0.1, -0.05) is 0 Å². The van der Waals surface area contributed by atoms with E-state index in [1.54, 1.807) is 0 Å². The molecule has 0 atom stereocenters. The van der Waals surface area contributed by atoms with E-state index in [0.717, 1.165) is 0 Å². The van der Waals surface area contributed by atoms with Crippen molar-refractivity contribution in [2.75, 3.05) is 6.54 Å². The molecule has 0 fully saturated rings. The average Bonchev–Trinajstić information content (AvgIpc) is 1.38. The predicted octanol–water partition coefficient (Wildman–Crippen LogP) is -21.5. The van der Waals surface area contributed by atoms with Crippen LogP contribution in [0.2, 0.25) is 0 Å². The Hall–Kier alpha value is 2.55. The molecule has 0 aromatic carbocycles. The van der Waals surface area contributed by atoms with Crippen LogP contribution in [0.25, 0.3) is 0 Å². The molecule has 0 rings (SSSR count). The number of carboxylic acids is 1. The first-order valence-electron chi connectivity index (χ1n) is 1.17. The van der Waals surface area contributed by atoms with Crippen LogP contribution in [0.3, 0.4) is 0 Å². The summed E-state index contributed by atoms with van der Waals surface area (Å²) in [5.41, 5.74) is 4.51. The predicted molar refractivity (Wildman–Crippen MR) is 23.4 cm³/mol. The molecule has 0 heterocycles. The second-order valence-electron chi connectivity index (χ2n) is 0.576. The second kappa shape index (κ2) is 76.8. The van der Waals surface area contributed by atoms with Crippen molar-refractivity contribution in [2.24, 2.45) is 5.73 Å². The first kappa shape index (κ1) is 93.3. The van der Waals surface area contributed by atoms with Gasteiger partial charge in [-0.3, -0.25) is 0 Å². The van der Waals surface area contributed by atoms with Crippen molar-refractivity contribution in [1.29, 1.82) is 0 Å². The van der Waals surface area contributed by atoms with E-state index in [1.807, 2.05) is 0 Å². The zero-order valence-electron chi connectivity index (χ0n) is 6.45. The van der Waals surface area contributed by atoms with Crippen LogP contribution in [0.15, 0.2) is 0 Å². The van der Waals surface area contributed by atoms with E-state index in [9.17, 15) is 0 Å². The number of rotatable bonds is 1. The summed E-state index contributed by atoms with van der Waals surface area (Å²) >= 11 is 0. The third-order valence-electron chi connectivity index (χ3n) is 0.167. The quantitative estimate of drug-likeness (QED) is 0.425. The topological polar surface area (TPSA) is 97.7 Å². The normalized spacial score (nSPS) is 2.64. The summed E-state index contributed by atoms with van der Waals surface area (Å²) in [4.78, 5) is 9.13. The molecule has 0 unspecified atom stereocenters. The molecule has 0 aromatic rings. The van der Waals surface area contributed by atoms with E-state index in [2.05, 4.69) is 5.73 Å². The molecule has 12 heteroatoms. The van der Waals surface area contributed by atoms with E-state index in [0.29, 0.717) is 0 Å². The van der Waals surface area contributed by atoms with Crippen molar-refractivity contribution >= 4 is 23.3 Å². The average molecular weight is 423 g/mol. The Kier molecular flexibility index (Phi) is 512. The standard InChI is InChI=1S/C2H5NO2.Al.6ClH.H2O.Zr/c3-1-2(4)5;;;;;;;;;/h1,3H2,(H,4,5);;6*1H;1H2;/q;+3;;;;;;;;+4/p-7. The van der Waals surface area contributed by atoms with Gasteiger partial charge >= 0.3 is 43.6 Å². The van der Waals surface area contributed by atoms with E-state index in [-0.39, 0.29) is 130 Å². The third kappa shape index (κ3) is 129. The van der Waals surface area contributed by atoms with Gasteiger partial charge in [0.1, 0.15) is 0 Å². The summed E-state index contributed by atoms with van der Waals surface area (Å²) in [7, 11) is 0. The molecule has 0 spiro atoms. The van der Waals surface area contributed by atoms with E-state index < -0.39 is 5.97 Å². The molecule has 0 saturated heterocycles. The third-order valence-corrected chi connectivity index (χ3v) is 0.167. The van der Waals surface area contributed by atoms with Crippen LogP contribution in [0.1, 0.15) is 0 Å². The minimum absolute atomic E-state index is 0. The van der Waals surface area contributed by atoms with Gasteiger partial charge < -0.3 is 95.6 Å². The molecule has 0 aliphatic rings. The summed E-state index contributed by atoms with van der Waals surface area (Å²) in [6.07, 6.45) is 0. The van der Waals surface area contributed by atoms with Crippen molar-refractivity contribution < 1.29 is 116 Å². The molecule has 4 N–H and O–H groups in total. The molecule has 0 aliphatic carbocycles. The zero-order chi connectivity index (χ0) is 4.28. The van der Waals surface area contributed by atoms with Gasteiger partial charge in [0.15, 0.2) is 0 Å². The molecule has 0 aliphatic heterocycles. The van der Waals surface area contributed by atoms with Gasteiger partial charge in [-0.05, 0) is 0 Å². The van der Waals surface area contributed by atoms with Crippen LogP contribution in [0.5, 0.6) is 0 Å². The molecule has 0 amide bonds. The molecule has 4 nitrogen and oxygen atoms in total. The minimum atomic E-state index is -1.22. The Labute approximate surface area is 150 Å². The first-order valence-corrected chi connectivity index (χ1v) is 1.17. The molecule has 0 saturated carbocycles. The number of carbonyl (C=O) groups is 1. The van der Waals surface area contributed by atoms with E-state index in [1.165, 1.54) is 0 Å². The minimum Gasteiger partial charge on any atom is -1.00 e. The summed E-state index contributed by atoms with van der Waals surface area (Å²) in [6.45, 7) is -0.389. The summed E-state index contributed by atoms with van der Waals surface area (Å²) < 4.78 is 0. The summed E-state index contributed by atoms with van der Waals surface area (Å²) in [6, 6.07) is 0. The van der Waals surface area contributed by atoms with Gasteiger partial charge in [0.2, 0.25) is 0 Å².